The average Bonchev–Trinajstić information content (AvgIpc) is 2.14. The van der Waals surface area contributed by atoms with Crippen molar-refractivity contribution in [3.8, 4) is 0 Å². The van der Waals surface area contributed by atoms with Crippen LogP contribution in [0.5, 0.6) is 0 Å². The first-order valence-electron chi connectivity index (χ1n) is 2.49. The van der Waals surface area contributed by atoms with Crippen LogP contribution >= 0.6 is 27.3 Å². The molecular weight excluding hydrogens is 202 g/mol. The van der Waals surface area contributed by atoms with Crippen molar-refractivity contribution in [1.82, 2.24) is 4.98 Å². The van der Waals surface area contributed by atoms with Gasteiger partial charge in [0.05, 0.1) is 9.98 Å². The van der Waals surface area contributed by atoms with Gasteiger partial charge in [-0.25, -0.2) is 4.98 Å². The first-order valence-corrected chi connectivity index (χ1v) is 4.10. The third-order valence-corrected chi connectivity index (χ3v) is 2.50. The zero-order valence-corrected chi connectivity index (χ0v) is 7.24. The number of aliphatic hydroxyl groups excluding tert-OH is 1. The molecular formula is C5H6BrNOS. The molecule has 0 spiro atoms. The fourth-order valence-electron chi connectivity index (χ4n) is 0.460. The normalized spacial score (nSPS) is 13.7. The van der Waals surface area contributed by atoms with Gasteiger partial charge in [0.25, 0.3) is 0 Å². The van der Waals surface area contributed by atoms with Crippen LogP contribution in [-0.2, 0) is 0 Å². The Balaban J connectivity index is 2.85. The molecule has 0 bridgehead atoms. The average molecular weight is 208 g/mol. The maximum Gasteiger partial charge on any atom is 0.122 e. The van der Waals surface area contributed by atoms with E-state index in [2.05, 4.69) is 20.9 Å². The van der Waals surface area contributed by atoms with Gasteiger partial charge >= 0.3 is 0 Å². The van der Waals surface area contributed by atoms with Crippen LogP contribution in [0.2, 0.25) is 0 Å². The Hall–Kier alpha value is 0.0700. The Morgan fingerprint density at radius 2 is 2.56 bits per heavy atom. The number of aliphatic hydroxyl groups is 1. The van der Waals surface area contributed by atoms with Gasteiger partial charge in [-0.2, -0.15) is 0 Å². The lowest BCUT2D eigenvalue weighted by Gasteiger charge is -1.93. The highest BCUT2D eigenvalue weighted by Crippen LogP contribution is 2.23. The number of nitrogens with zero attached hydrogens (tertiary/aromatic N) is 1. The molecule has 50 valence electrons. The van der Waals surface area contributed by atoms with Crippen LogP contribution in [0.15, 0.2) is 9.98 Å². The molecule has 1 atom stereocenters. The van der Waals surface area contributed by atoms with Crippen molar-refractivity contribution < 1.29 is 5.11 Å². The molecule has 0 radical (unpaired) electrons. The summed E-state index contributed by atoms with van der Waals surface area (Å²) in [7, 11) is 0. The molecule has 1 rings (SSSR count). The summed E-state index contributed by atoms with van der Waals surface area (Å²) < 4.78 is 0.957. The van der Waals surface area contributed by atoms with Crippen molar-refractivity contribution in [2.45, 2.75) is 13.0 Å². The van der Waals surface area contributed by atoms with Crippen LogP contribution < -0.4 is 0 Å². The summed E-state index contributed by atoms with van der Waals surface area (Å²) in [6.07, 6.45) is 1.24. The van der Waals surface area contributed by atoms with E-state index in [-0.39, 0.29) is 0 Å². The number of aromatic nitrogens is 1. The Morgan fingerprint density at radius 1 is 1.89 bits per heavy atom. The summed E-state index contributed by atoms with van der Waals surface area (Å²) in [4.78, 5) is 3.94. The van der Waals surface area contributed by atoms with E-state index in [1.807, 2.05) is 0 Å². The summed E-state index contributed by atoms with van der Waals surface area (Å²) in [5.41, 5.74) is 0. The lowest BCUT2D eigenvalue weighted by molar-refractivity contribution is 0.199. The highest BCUT2D eigenvalue weighted by molar-refractivity contribution is 9.11. The third kappa shape index (κ3) is 1.74. The van der Waals surface area contributed by atoms with Crippen LogP contribution in [0.25, 0.3) is 0 Å². The standard InChI is InChI=1S/C5H6BrNOS/c1-3(8)5-7-2-4(6)9-5/h2-3,8H,1H3/t3-/m1/s1. The summed E-state index contributed by atoms with van der Waals surface area (Å²) in [6, 6.07) is 0. The molecule has 0 fully saturated rings. The van der Waals surface area contributed by atoms with E-state index >= 15 is 0 Å². The summed E-state index contributed by atoms with van der Waals surface area (Å²) in [5, 5.41) is 9.72. The van der Waals surface area contributed by atoms with Crippen molar-refractivity contribution >= 4 is 27.3 Å². The maximum absolute atomic E-state index is 8.96. The van der Waals surface area contributed by atoms with E-state index in [9.17, 15) is 0 Å². The van der Waals surface area contributed by atoms with Crippen LogP contribution in [0, 0.1) is 0 Å². The zero-order chi connectivity index (χ0) is 6.85. The summed E-state index contributed by atoms with van der Waals surface area (Å²) >= 11 is 4.70. The fourth-order valence-corrected chi connectivity index (χ4v) is 1.64. The molecule has 0 amide bonds. The highest BCUT2D eigenvalue weighted by atomic mass is 79.9. The van der Waals surface area contributed by atoms with E-state index in [4.69, 9.17) is 5.11 Å². The molecule has 9 heavy (non-hydrogen) atoms. The largest absolute Gasteiger partial charge is 0.386 e. The Kier molecular flexibility index (Phi) is 2.21. The predicted molar refractivity (Wildman–Crippen MR) is 40.4 cm³/mol. The molecule has 0 unspecified atom stereocenters. The van der Waals surface area contributed by atoms with E-state index < -0.39 is 6.10 Å². The first kappa shape index (κ1) is 7.18. The fraction of sp³-hybridized carbons (Fsp3) is 0.400. The number of hydrogen-bond donors (Lipinski definition) is 1. The molecule has 1 aromatic heterocycles. The Bertz CT molecular complexity index is 199. The lowest BCUT2D eigenvalue weighted by atomic mass is 10.4. The second-order valence-electron chi connectivity index (χ2n) is 1.68. The van der Waals surface area contributed by atoms with Gasteiger partial charge in [0.2, 0.25) is 0 Å². The minimum absolute atomic E-state index is 0.443. The third-order valence-electron chi connectivity index (χ3n) is 0.853. The van der Waals surface area contributed by atoms with E-state index in [1.54, 1.807) is 13.1 Å². The van der Waals surface area contributed by atoms with Gasteiger partial charge in [-0.05, 0) is 22.9 Å². The molecule has 1 N–H and O–H groups in total. The van der Waals surface area contributed by atoms with Crippen LogP contribution in [0.4, 0.5) is 0 Å². The van der Waals surface area contributed by atoms with Gasteiger partial charge in [0.15, 0.2) is 0 Å². The van der Waals surface area contributed by atoms with E-state index in [0.717, 1.165) is 8.79 Å². The molecule has 1 aromatic rings. The molecule has 1 heterocycles. The van der Waals surface area contributed by atoms with Crippen molar-refractivity contribution in [2.24, 2.45) is 0 Å². The molecule has 2 nitrogen and oxygen atoms in total. The number of halogens is 1. The topological polar surface area (TPSA) is 33.1 Å². The van der Waals surface area contributed by atoms with Crippen molar-refractivity contribution in [3.63, 3.8) is 0 Å². The van der Waals surface area contributed by atoms with Crippen LogP contribution in [0.1, 0.15) is 18.0 Å². The van der Waals surface area contributed by atoms with Crippen LogP contribution in [0.3, 0.4) is 0 Å². The molecule has 0 aliphatic rings. The second-order valence-corrected chi connectivity index (χ2v) is 4.12. The minimum Gasteiger partial charge on any atom is -0.386 e. The monoisotopic (exact) mass is 207 g/mol. The van der Waals surface area contributed by atoms with E-state index in [0.29, 0.717) is 0 Å². The SMILES string of the molecule is C[C@@H](O)c1ncc(Br)s1. The lowest BCUT2D eigenvalue weighted by Crippen LogP contribution is -1.86. The van der Waals surface area contributed by atoms with Crippen molar-refractivity contribution in [2.75, 3.05) is 0 Å². The molecule has 0 aromatic carbocycles. The zero-order valence-electron chi connectivity index (χ0n) is 4.84. The van der Waals surface area contributed by atoms with E-state index in [1.165, 1.54) is 11.3 Å². The van der Waals surface area contributed by atoms with Crippen molar-refractivity contribution in [3.05, 3.63) is 15.0 Å². The van der Waals surface area contributed by atoms with Gasteiger partial charge in [-0.1, -0.05) is 0 Å². The van der Waals surface area contributed by atoms with Crippen LogP contribution in [-0.4, -0.2) is 10.1 Å². The molecule has 0 saturated carbocycles. The summed E-state index contributed by atoms with van der Waals surface area (Å²) in [5.74, 6) is 0. The minimum atomic E-state index is -0.443. The highest BCUT2D eigenvalue weighted by Gasteiger charge is 2.03. The molecule has 0 saturated heterocycles. The number of hydrogen-bond acceptors (Lipinski definition) is 3. The Labute approximate surface area is 65.7 Å². The molecule has 0 aliphatic heterocycles. The number of rotatable bonds is 1. The Morgan fingerprint density at radius 3 is 2.78 bits per heavy atom. The number of thiazole rings is 1. The quantitative estimate of drug-likeness (QED) is 0.765. The molecule has 0 aliphatic carbocycles. The van der Waals surface area contributed by atoms with Gasteiger partial charge < -0.3 is 5.11 Å². The van der Waals surface area contributed by atoms with Gasteiger partial charge in [0.1, 0.15) is 11.1 Å². The second kappa shape index (κ2) is 2.77. The molecule has 4 heteroatoms. The van der Waals surface area contributed by atoms with Gasteiger partial charge in [-0.3, -0.25) is 0 Å². The predicted octanol–water partition coefficient (Wildman–Crippen LogP) is 1.96. The smallest absolute Gasteiger partial charge is 0.122 e. The maximum atomic E-state index is 8.96. The van der Waals surface area contributed by atoms with Crippen molar-refractivity contribution in [1.29, 1.82) is 0 Å². The van der Waals surface area contributed by atoms with Gasteiger partial charge in [0, 0.05) is 0 Å². The summed E-state index contributed by atoms with van der Waals surface area (Å²) in [6.45, 7) is 1.70. The first-order chi connectivity index (χ1) is 4.20. The van der Waals surface area contributed by atoms with Gasteiger partial charge in [-0.15, -0.1) is 11.3 Å².